The van der Waals surface area contributed by atoms with E-state index in [2.05, 4.69) is 15.3 Å². The molecule has 1 aromatic heterocycles. The van der Waals surface area contributed by atoms with Gasteiger partial charge >= 0.3 is 5.97 Å². The monoisotopic (exact) mass is 267 g/mol. The topological polar surface area (TPSA) is 84.3 Å². The first-order valence-electron chi connectivity index (χ1n) is 6.39. The minimum absolute atomic E-state index is 0.280. The third-order valence-electron chi connectivity index (χ3n) is 2.64. The average molecular weight is 267 g/mol. The molecule has 1 rings (SSSR count). The molecule has 0 radical (unpaired) electrons. The Balaban J connectivity index is 2.90. The molecule has 6 nitrogen and oxygen atoms in total. The Hall–Kier alpha value is -1.85. The lowest BCUT2D eigenvalue weighted by atomic mass is 10.0. The van der Waals surface area contributed by atoms with E-state index in [0.29, 0.717) is 24.7 Å². The number of aromatic nitrogens is 2. The second-order valence-corrected chi connectivity index (χ2v) is 4.75. The van der Waals surface area contributed by atoms with Crippen LogP contribution in [-0.4, -0.2) is 33.7 Å². The number of carbonyl (C=O) groups is 1. The molecular weight excluding hydrogens is 246 g/mol. The van der Waals surface area contributed by atoms with Gasteiger partial charge in [-0.3, -0.25) is 0 Å². The number of anilines is 1. The smallest absolute Gasteiger partial charge is 0.326 e. The predicted octanol–water partition coefficient (Wildman–Crippen LogP) is 2.09. The maximum absolute atomic E-state index is 11.2. The van der Waals surface area contributed by atoms with Gasteiger partial charge in [0.15, 0.2) is 0 Å². The number of hydrogen-bond donors (Lipinski definition) is 2. The molecule has 1 unspecified atom stereocenters. The SMILES string of the molecule is CCOc1ncnc(NC(CC(C)C)C(=O)O)c1C. The van der Waals surface area contributed by atoms with Crippen LogP contribution in [0.3, 0.4) is 0 Å². The number of hydrogen-bond acceptors (Lipinski definition) is 5. The number of carboxylic acid groups (broad SMARTS) is 1. The van der Waals surface area contributed by atoms with E-state index in [9.17, 15) is 9.90 Å². The second-order valence-electron chi connectivity index (χ2n) is 4.75. The minimum atomic E-state index is -0.885. The lowest BCUT2D eigenvalue weighted by Crippen LogP contribution is -2.31. The van der Waals surface area contributed by atoms with Gasteiger partial charge in [-0.2, -0.15) is 0 Å². The molecule has 2 N–H and O–H groups in total. The zero-order valence-electron chi connectivity index (χ0n) is 11.8. The molecule has 1 aromatic rings. The zero-order chi connectivity index (χ0) is 14.4. The number of rotatable bonds is 7. The Morgan fingerprint density at radius 2 is 2.16 bits per heavy atom. The van der Waals surface area contributed by atoms with Crippen LogP contribution < -0.4 is 10.1 Å². The first kappa shape index (κ1) is 15.2. The Morgan fingerprint density at radius 1 is 1.47 bits per heavy atom. The highest BCUT2D eigenvalue weighted by molar-refractivity contribution is 5.77. The van der Waals surface area contributed by atoms with E-state index in [1.54, 1.807) is 0 Å². The minimum Gasteiger partial charge on any atom is -0.480 e. The van der Waals surface area contributed by atoms with E-state index in [1.807, 2.05) is 27.7 Å². The summed E-state index contributed by atoms with van der Waals surface area (Å²) >= 11 is 0. The van der Waals surface area contributed by atoms with E-state index in [4.69, 9.17) is 4.74 Å². The quantitative estimate of drug-likeness (QED) is 0.787. The summed E-state index contributed by atoms with van der Waals surface area (Å²) in [4.78, 5) is 19.3. The van der Waals surface area contributed by atoms with Crippen molar-refractivity contribution in [2.45, 2.75) is 40.2 Å². The van der Waals surface area contributed by atoms with Gasteiger partial charge in [0.2, 0.25) is 5.88 Å². The molecule has 0 aromatic carbocycles. The summed E-state index contributed by atoms with van der Waals surface area (Å²) in [5.74, 6) is 0.381. The maximum atomic E-state index is 11.2. The van der Waals surface area contributed by atoms with Crippen LogP contribution in [0.2, 0.25) is 0 Å². The lowest BCUT2D eigenvalue weighted by molar-refractivity contribution is -0.138. The average Bonchev–Trinajstić information content (AvgIpc) is 2.32. The fraction of sp³-hybridized carbons (Fsp3) is 0.615. The number of nitrogens with zero attached hydrogens (tertiary/aromatic N) is 2. The molecule has 6 heteroatoms. The highest BCUT2D eigenvalue weighted by atomic mass is 16.5. The van der Waals surface area contributed by atoms with Crippen molar-refractivity contribution in [2.24, 2.45) is 5.92 Å². The number of aliphatic carboxylic acids is 1. The van der Waals surface area contributed by atoms with Crippen LogP contribution in [-0.2, 0) is 4.79 Å². The highest BCUT2D eigenvalue weighted by Crippen LogP contribution is 2.22. The number of nitrogens with one attached hydrogen (secondary N) is 1. The van der Waals surface area contributed by atoms with Gasteiger partial charge in [0.05, 0.1) is 12.2 Å². The van der Waals surface area contributed by atoms with E-state index in [-0.39, 0.29) is 5.92 Å². The maximum Gasteiger partial charge on any atom is 0.326 e. The third-order valence-corrected chi connectivity index (χ3v) is 2.64. The summed E-state index contributed by atoms with van der Waals surface area (Å²) in [5.41, 5.74) is 0.722. The summed E-state index contributed by atoms with van der Waals surface area (Å²) in [5, 5.41) is 12.2. The Labute approximate surface area is 113 Å². The van der Waals surface area contributed by atoms with Crippen molar-refractivity contribution < 1.29 is 14.6 Å². The molecule has 0 saturated carbocycles. The summed E-state index contributed by atoms with van der Waals surface area (Å²) in [6.07, 6.45) is 1.90. The largest absolute Gasteiger partial charge is 0.480 e. The van der Waals surface area contributed by atoms with E-state index in [0.717, 1.165) is 5.56 Å². The van der Waals surface area contributed by atoms with Gasteiger partial charge in [-0.15, -0.1) is 0 Å². The summed E-state index contributed by atoms with van der Waals surface area (Å²) in [7, 11) is 0. The molecule has 1 atom stereocenters. The molecule has 0 aliphatic carbocycles. The molecule has 0 bridgehead atoms. The molecule has 19 heavy (non-hydrogen) atoms. The number of carboxylic acids is 1. The molecule has 0 spiro atoms. The first-order valence-corrected chi connectivity index (χ1v) is 6.39. The van der Waals surface area contributed by atoms with Crippen molar-refractivity contribution in [1.29, 1.82) is 0 Å². The van der Waals surface area contributed by atoms with E-state index >= 15 is 0 Å². The number of ether oxygens (including phenoxy) is 1. The Kier molecular flexibility index (Phi) is 5.54. The van der Waals surface area contributed by atoms with Crippen molar-refractivity contribution in [2.75, 3.05) is 11.9 Å². The van der Waals surface area contributed by atoms with Crippen molar-refractivity contribution in [1.82, 2.24) is 9.97 Å². The molecule has 0 saturated heterocycles. The van der Waals surface area contributed by atoms with Crippen LogP contribution in [0.1, 0.15) is 32.8 Å². The third kappa shape index (κ3) is 4.39. The van der Waals surface area contributed by atoms with Gasteiger partial charge in [0.1, 0.15) is 18.2 Å². The van der Waals surface area contributed by atoms with Crippen LogP contribution >= 0.6 is 0 Å². The zero-order valence-corrected chi connectivity index (χ0v) is 11.8. The standard InChI is InChI=1S/C13H21N3O3/c1-5-19-12-9(4)11(14-7-15-12)16-10(13(17)18)6-8(2)3/h7-8,10H,5-6H2,1-4H3,(H,17,18)(H,14,15,16). The van der Waals surface area contributed by atoms with E-state index in [1.165, 1.54) is 6.33 Å². The summed E-state index contributed by atoms with van der Waals surface area (Å²) in [6.45, 7) is 8.15. The predicted molar refractivity (Wildman–Crippen MR) is 72.4 cm³/mol. The fourth-order valence-corrected chi connectivity index (χ4v) is 1.72. The van der Waals surface area contributed by atoms with Crippen LogP contribution in [0.15, 0.2) is 6.33 Å². The Bertz CT molecular complexity index is 435. The Morgan fingerprint density at radius 3 is 2.68 bits per heavy atom. The molecular formula is C13H21N3O3. The van der Waals surface area contributed by atoms with Crippen LogP contribution in [0.4, 0.5) is 5.82 Å². The lowest BCUT2D eigenvalue weighted by Gasteiger charge is -2.18. The molecule has 0 fully saturated rings. The fourth-order valence-electron chi connectivity index (χ4n) is 1.72. The van der Waals surface area contributed by atoms with Crippen LogP contribution in [0.5, 0.6) is 5.88 Å². The highest BCUT2D eigenvalue weighted by Gasteiger charge is 2.20. The molecule has 0 amide bonds. The van der Waals surface area contributed by atoms with Gasteiger partial charge in [0, 0.05) is 0 Å². The van der Waals surface area contributed by atoms with Gasteiger partial charge in [-0.25, -0.2) is 14.8 Å². The van der Waals surface area contributed by atoms with Crippen LogP contribution in [0, 0.1) is 12.8 Å². The van der Waals surface area contributed by atoms with Crippen molar-refractivity contribution in [3.8, 4) is 5.88 Å². The van der Waals surface area contributed by atoms with Gasteiger partial charge in [0.25, 0.3) is 0 Å². The molecule has 106 valence electrons. The van der Waals surface area contributed by atoms with E-state index < -0.39 is 12.0 Å². The molecule has 0 aliphatic rings. The van der Waals surface area contributed by atoms with Gasteiger partial charge in [-0.1, -0.05) is 13.8 Å². The van der Waals surface area contributed by atoms with Gasteiger partial charge < -0.3 is 15.2 Å². The van der Waals surface area contributed by atoms with Gasteiger partial charge in [-0.05, 0) is 26.2 Å². The molecule has 1 heterocycles. The van der Waals surface area contributed by atoms with Crippen LogP contribution in [0.25, 0.3) is 0 Å². The van der Waals surface area contributed by atoms with Crippen molar-refractivity contribution in [3.05, 3.63) is 11.9 Å². The normalized spacial score (nSPS) is 12.3. The van der Waals surface area contributed by atoms with Crippen molar-refractivity contribution >= 4 is 11.8 Å². The van der Waals surface area contributed by atoms with Crippen molar-refractivity contribution in [3.63, 3.8) is 0 Å². The first-order chi connectivity index (χ1) is 8.95. The summed E-state index contributed by atoms with van der Waals surface area (Å²) < 4.78 is 5.36. The summed E-state index contributed by atoms with van der Waals surface area (Å²) in [6, 6.07) is -0.664. The second kappa shape index (κ2) is 6.92. The molecule has 0 aliphatic heterocycles.